The Balaban J connectivity index is 2.29. The Morgan fingerprint density at radius 1 is 1.47 bits per heavy atom. The van der Waals surface area contributed by atoms with Gasteiger partial charge in [0.25, 0.3) is 0 Å². The maximum Gasteiger partial charge on any atom is 0.250 e. The van der Waals surface area contributed by atoms with Crippen molar-refractivity contribution in [2.24, 2.45) is 5.73 Å². The van der Waals surface area contributed by atoms with Crippen LogP contribution >= 0.6 is 11.6 Å². The number of alkyl halides is 2. The largest absolute Gasteiger partial charge is 0.330 e. The number of hydrogen-bond acceptors (Lipinski definition) is 2. The van der Waals surface area contributed by atoms with Gasteiger partial charge in [-0.3, -0.25) is 0 Å². The Bertz CT molecular complexity index is 373. The van der Waals surface area contributed by atoms with Crippen LogP contribution < -0.4 is 5.73 Å². The lowest BCUT2D eigenvalue weighted by Crippen LogP contribution is -2.53. The summed E-state index contributed by atoms with van der Waals surface area (Å²) in [6.07, 6.45) is 1.12. The van der Waals surface area contributed by atoms with Crippen molar-refractivity contribution < 1.29 is 8.78 Å². The van der Waals surface area contributed by atoms with Crippen molar-refractivity contribution in [1.82, 2.24) is 4.98 Å². The predicted molar refractivity (Wildman–Crippen MR) is 54.2 cm³/mol. The van der Waals surface area contributed by atoms with Gasteiger partial charge in [-0.05, 0) is 17.7 Å². The van der Waals surface area contributed by atoms with E-state index in [9.17, 15) is 8.78 Å². The molecule has 0 amide bonds. The Kier molecular flexibility index (Phi) is 2.43. The molecular weight excluding hydrogens is 222 g/mol. The van der Waals surface area contributed by atoms with Gasteiger partial charge in [0.05, 0.1) is 0 Å². The minimum Gasteiger partial charge on any atom is -0.330 e. The van der Waals surface area contributed by atoms with Gasteiger partial charge in [0.1, 0.15) is 5.15 Å². The summed E-state index contributed by atoms with van der Waals surface area (Å²) < 4.78 is 25.8. The third-order valence-corrected chi connectivity index (χ3v) is 3.13. The predicted octanol–water partition coefficient (Wildman–Crippen LogP) is 2.36. The number of hydrogen-bond donors (Lipinski definition) is 1. The summed E-state index contributed by atoms with van der Waals surface area (Å²) in [5.41, 5.74) is 5.72. The minimum absolute atomic E-state index is 0.198. The van der Waals surface area contributed by atoms with Crippen molar-refractivity contribution in [2.75, 3.05) is 6.54 Å². The highest BCUT2D eigenvalue weighted by Gasteiger charge is 2.56. The molecule has 0 unspecified atom stereocenters. The second-order valence-electron chi connectivity index (χ2n) is 4.06. The molecule has 2 nitrogen and oxygen atoms in total. The molecule has 5 heteroatoms. The van der Waals surface area contributed by atoms with Crippen LogP contribution in [0.1, 0.15) is 18.4 Å². The molecule has 0 aliphatic heterocycles. The van der Waals surface area contributed by atoms with Crippen LogP contribution in [0.3, 0.4) is 0 Å². The van der Waals surface area contributed by atoms with Crippen LogP contribution in [0.2, 0.25) is 5.15 Å². The molecule has 82 valence electrons. The van der Waals surface area contributed by atoms with Crippen molar-refractivity contribution in [2.45, 2.75) is 24.2 Å². The van der Waals surface area contributed by atoms with E-state index in [1.54, 1.807) is 12.1 Å². The Morgan fingerprint density at radius 3 is 2.60 bits per heavy atom. The van der Waals surface area contributed by atoms with Gasteiger partial charge in [-0.15, -0.1) is 0 Å². The van der Waals surface area contributed by atoms with Gasteiger partial charge in [-0.25, -0.2) is 13.8 Å². The molecule has 0 atom stereocenters. The first kappa shape index (κ1) is 10.8. The van der Waals surface area contributed by atoms with Crippen molar-refractivity contribution in [3.8, 4) is 0 Å². The van der Waals surface area contributed by atoms with Gasteiger partial charge in [0.15, 0.2) is 0 Å². The first-order valence-electron chi connectivity index (χ1n) is 4.67. The highest BCUT2D eigenvalue weighted by molar-refractivity contribution is 6.29. The third-order valence-electron chi connectivity index (χ3n) is 2.92. The molecule has 2 rings (SSSR count). The Morgan fingerprint density at radius 2 is 2.13 bits per heavy atom. The lowest BCUT2D eigenvalue weighted by Gasteiger charge is -2.47. The highest BCUT2D eigenvalue weighted by atomic mass is 35.5. The molecule has 0 bridgehead atoms. The molecule has 0 aromatic carbocycles. The molecule has 1 aromatic rings. The summed E-state index contributed by atoms with van der Waals surface area (Å²) in [7, 11) is 0. The van der Waals surface area contributed by atoms with E-state index >= 15 is 0 Å². The lowest BCUT2D eigenvalue weighted by molar-refractivity contribution is -0.123. The molecule has 0 radical (unpaired) electrons. The van der Waals surface area contributed by atoms with Crippen molar-refractivity contribution in [3.05, 3.63) is 29.0 Å². The van der Waals surface area contributed by atoms with E-state index in [1.807, 2.05) is 0 Å². The number of rotatable bonds is 2. The number of pyridine rings is 1. The Labute approximate surface area is 91.4 Å². The van der Waals surface area contributed by atoms with E-state index < -0.39 is 11.3 Å². The smallest absolute Gasteiger partial charge is 0.250 e. The van der Waals surface area contributed by atoms with Gasteiger partial charge in [0, 0.05) is 31.0 Å². The number of halogens is 3. The van der Waals surface area contributed by atoms with E-state index in [0.717, 1.165) is 5.56 Å². The molecule has 1 aromatic heterocycles. The van der Waals surface area contributed by atoms with Gasteiger partial charge >= 0.3 is 0 Å². The van der Waals surface area contributed by atoms with Gasteiger partial charge in [0.2, 0.25) is 5.92 Å². The standard InChI is InChI=1S/C10H11ClF2N2/c11-8-3-7(1-2-15-8)9(6-14)4-10(12,13)5-9/h1-3H,4-6,14H2. The van der Waals surface area contributed by atoms with Crippen LogP contribution in [-0.2, 0) is 5.41 Å². The quantitative estimate of drug-likeness (QED) is 0.795. The zero-order chi connectivity index (χ0) is 11.1. The third kappa shape index (κ3) is 1.84. The van der Waals surface area contributed by atoms with Crippen LogP contribution in [-0.4, -0.2) is 17.5 Å². The minimum atomic E-state index is -2.59. The summed E-state index contributed by atoms with van der Waals surface area (Å²) in [5, 5.41) is 0.315. The average molecular weight is 233 g/mol. The molecule has 0 spiro atoms. The van der Waals surface area contributed by atoms with Crippen molar-refractivity contribution >= 4 is 11.6 Å². The second kappa shape index (κ2) is 3.39. The maximum absolute atomic E-state index is 12.9. The highest BCUT2D eigenvalue weighted by Crippen LogP contribution is 2.52. The zero-order valence-corrected chi connectivity index (χ0v) is 8.77. The second-order valence-corrected chi connectivity index (χ2v) is 4.45. The molecule has 1 aliphatic rings. The number of nitrogens with zero attached hydrogens (tertiary/aromatic N) is 1. The molecular formula is C10H11ClF2N2. The van der Waals surface area contributed by atoms with Crippen molar-refractivity contribution in [1.29, 1.82) is 0 Å². The number of nitrogens with two attached hydrogens (primary N) is 1. The first-order chi connectivity index (χ1) is 6.97. The van der Waals surface area contributed by atoms with Crippen LogP contribution in [0, 0.1) is 0 Å². The first-order valence-corrected chi connectivity index (χ1v) is 5.05. The van der Waals surface area contributed by atoms with Gasteiger partial charge < -0.3 is 5.73 Å². The molecule has 1 fully saturated rings. The van der Waals surface area contributed by atoms with Gasteiger partial charge in [-0.1, -0.05) is 11.6 Å². The molecule has 0 saturated heterocycles. The van der Waals surface area contributed by atoms with Gasteiger partial charge in [-0.2, -0.15) is 0 Å². The monoisotopic (exact) mass is 232 g/mol. The van der Waals surface area contributed by atoms with Crippen molar-refractivity contribution in [3.63, 3.8) is 0 Å². The Hall–Kier alpha value is -0.740. The normalized spacial score (nSPS) is 22.1. The summed E-state index contributed by atoms with van der Waals surface area (Å²) in [6, 6.07) is 3.32. The fourth-order valence-corrected chi connectivity index (χ4v) is 2.31. The molecule has 15 heavy (non-hydrogen) atoms. The van der Waals surface area contributed by atoms with Crippen LogP contribution in [0.15, 0.2) is 18.3 Å². The van der Waals surface area contributed by atoms with Crippen LogP contribution in [0.25, 0.3) is 0 Å². The fraction of sp³-hybridized carbons (Fsp3) is 0.500. The summed E-state index contributed by atoms with van der Waals surface area (Å²) in [5.74, 6) is -2.59. The maximum atomic E-state index is 12.9. The summed E-state index contributed by atoms with van der Waals surface area (Å²) in [6.45, 7) is 0.211. The van der Waals surface area contributed by atoms with E-state index in [0.29, 0.717) is 5.15 Å². The van der Waals surface area contributed by atoms with E-state index in [4.69, 9.17) is 17.3 Å². The summed E-state index contributed by atoms with van der Waals surface area (Å²) in [4.78, 5) is 3.82. The molecule has 1 saturated carbocycles. The fourth-order valence-electron chi connectivity index (χ4n) is 2.14. The van der Waals surface area contributed by atoms with Crippen LogP contribution in [0.4, 0.5) is 8.78 Å². The van der Waals surface area contributed by atoms with E-state index in [-0.39, 0.29) is 19.4 Å². The van der Waals surface area contributed by atoms with E-state index in [1.165, 1.54) is 6.20 Å². The zero-order valence-electron chi connectivity index (χ0n) is 8.01. The van der Waals surface area contributed by atoms with Crippen LogP contribution in [0.5, 0.6) is 0 Å². The summed E-state index contributed by atoms with van der Waals surface area (Å²) >= 11 is 5.72. The average Bonchev–Trinajstić information content (AvgIpc) is 2.13. The number of aromatic nitrogens is 1. The topological polar surface area (TPSA) is 38.9 Å². The lowest BCUT2D eigenvalue weighted by atomic mass is 9.62. The van der Waals surface area contributed by atoms with E-state index in [2.05, 4.69) is 4.98 Å². The SMILES string of the molecule is NCC1(c2ccnc(Cl)c2)CC(F)(F)C1. The molecule has 2 N–H and O–H groups in total. The molecule has 1 heterocycles. The molecule has 1 aliphatic carbocycles.